The van der Waals surface area contributed by atoms with Gasteiger partial charge in [0.1, 0.15) is 11.9 Å². The van der Waals surface area contributed by atoms with E-state index in [0.717, 1.165) is 27.1 Å². The summed E-state index contributed by atoms with van der Waals surface area (Å²) in [5.41, 5.74) is 1.69. The van der Waals surface area contributed by atoms with Gasteiger partial charge in [-0.05, 0) is 62.4 Å². The Morgan fingerprint density at radius 1 is 0.435 bits per heavy atom. The summed E-state index contributed by atoms with van der Waals surface area (Å²) in [6.45, 7) is 31.7. The fourth-order valence-electron chi connectivity index (χ4n) is 3.18. The summed E-state index contributed by atoms with van der Waals surface area (Å²) in [4.78, 5) is 31.1. The van der Waals surface area contributed by atoms with Crippen LogP contribution < -0.4 is 4.74 Å². The zero-order valence-electron chi connectivity index (χ0n) is 43.0. The van der Waals surface area contributed by atoms with Gasteiger partial charge in [0.05, 0.1) is 12.5 Å². The van der Waals surface area contributed by atoms with Crippen molar-refractivity contribution in [3.05, 3.63) is 169 Å². The number of para-hydroxylation sites is 1. The monoisotopic (exact) mass is 979 g/mol. The van der Waals surface area contributed by atoms with Gasteiger partial charge in [-0.15, -0.1) is 0 Å². The van der Waals surface area contributed by atoms with Crippen LogP contribution in [0.5, 0.6) is 5.75 Å². The van der Waals surface area contributed by atoms with Crippen LogP contribution in [0.15, 0.2) is 168 Å². The van der Waals surface area contributed by atoms with Gasteiger partial charge in [-0.1, -0.05) is 231 Å². The Hall–Kier alpha value is -5.65. The van der Waals surface area contributed by atoms with Crippen molar-refractivity contribution in [1.29, 1.82) is 0 Å². The first kappa shape index (κ1) is 101. The SMILES string of the molecule is C.C.C.C.C.CC.CC.CC.CC.CC.CC.CC.CC1=CC(=O)C=CC1=O.CC1C=Cc2ccccc2O1.CO.CO.CO.O=C1C=CC(O)O1.c1ccccc1.c1ccccc1.c1ccoc1. The highest BCUT2D eigenvalue weighted by Crippen LogP contribution is 2.24. The number of hydrogen-bond acceptors (Lipinski definition) is 10. The third kappa shape index (κ3) is 79.8. The summed E-state index contributed by atoms with van der Waals surface area (Å²) >= 11 is 0. The lowest BCUT2D eigenvalue weighted by atomic mass is 10.1. The Labute approximate surface area is 427 Å². The molecular formula is C59H110O10. The van der Waals surface area contributed by atoms with Gasteiger partial charge in [0, 0.05) is 38.5 Å². The average molecular weight is 980 g/mol. The number of carbonyl (C=O) groups excluding carboxylic acids is 3. The molecule has 4 aromatic rings. The predicted octanol–water partition coefficient (Wildman–Crippen LogP) is 16.4. The van der Waals surface area contributed by atoms with Crippen LogP contribution in [-0.2, 0) is 19.1 Å². The van der Waals surface area contributed by atoms with Crippen LogP contribution >= 0.6 is 0 Å². The zero-order chi connectivity index (χ0) is 51.8. The Bertz CT molecular complexity index is 1400. The third-order valence-corrected chi connectivity index (χ3v) is 5.32. The van der Waals surface area contributed by atoms with E-state index in [4.69, 9.17) is 25.2 Å². The number of aliphatic hydroxyl groups is 4. The van der Waals surface area contributed by atoms with E-state index < -0.39 is 12.3 Å². The summed E-state index contributed by atoms with van der Waals surface area (Å²) in [7, 11) is 3.00. The van der Waals surface area contributed by atoms with Gasteiger partial charge < -0.3 is 34.3 Å². The van der Waals surface area contributed by atoms with Gasteiger partial charge in [0.2, 0.25) is 6.29 Å². The number of furan rings is 1. The van der Waals surface area contributed by atoms with E-state index in [1.165, 1.54) is 35.9 Å². The molecule has 406 valence electrons. The number of benzene rings is 3. The van der Waals surface area contributed by atoms with Crippen molar-refractivity contribution in [2.24, 2.45) is 0 Å². The van der Waals surface area contributed by atoms with Crippen molar-refractivity contribution in [2.45, 2.75) is 160 Å². The number of allylic oxidation sites excluding steroid dienone is 4. The molecule has 1 aromatic heterocycles. The maximum absolute atomic E-state index is 10.6. The standard InChI is InChI=1S/C10H10O.C7H6O2.2C6H6.C4H4O3.C4H4O.7C2H6.3CH4O.5CH4/c1-8-6-7-9-4-2-3-5-10(9)11-8;1-5-4-6(8)2-3-7(5)9;2*1-2-4-6-5-3-1;5-3-1-2-4(6)7-3;1-2-4-5-3-1;10*1-2;;;;;/h2-8H,1H3;2-4H,1H3;2*1-6H;1-3,5H;1-4H;7*1-2H3;3*2H,1H3;5*1H4. The van der Waals surface area contributed by atoms with Crippen molar-refractivity contribution in [2.75, 3.05) is 21.3 Å². The van der Waals surface area contributed by atoms with Crippen molar-refractivity contribution in [1.82, 2.24) is 0 Å². The fraction of sp³-hybridized carbons (Fsp3) is 0.441. The first-order valence-electron chi connectivity index (χ1n) is 22.1. The van der Waals surface area contributed by atoms with E-state index in [0.29, 0.717) is 5.57 Å². The van der Waals surface area contributed by atoms with Crippen LogP contribution in [0.3, 0.4) is 0 Å². The van der Waals surface area contributed by atoms with E-state index in [1.807, 2.05) is 207 Å². The highest BCUT2D eigenvalue weighted by molar-refractivity contribution is 6.16. The molecule has 0 radical (unpaired) electrons. The molecule has 10 nitrogen and oxygen atoms in total. The van der Waals surface area contributed by atoms with Crippen LogP contribution in [0.1, 0.15) is 153 Å². The Morgan fingerprint density at radius 3 is 1.03 bits per heavy atom. The molecule has 7 rings (SSSR count). The second-order valence-corrected chi connectivity index (χ2v) is 8.94. The van der Waals surface area contributed by atoms with Crippen molar-refractivity contribution >= 4 is 23.6 Å². The lowest BCUT2D eigenvalue weighted by Gasteiger charge is -2.17. The Balaban J connectivity index is -0.0000000407. The van der Waals surface area contributed by atoms with Crippen molar-refractivity contribution in [3.8, 4) is 5.75 Å². The zero-order valence-corrected chi connectivity index (χ0v) is 43.0. The molecule has 0 saturated carbocycles. The molecule has 0 saturated heterocycles. The first-order chi connectivity index (χ1) is 31.3. The molecular weight excluding hydrogens is 869 g/mol. The van der Waals surface area contributed by atoms with Crippen LogP contribution in [0.4, 0.5) is 0 Å². The van der Waals surface area contributed by atoms with E-state index in [1.54, 1.807) is 19.5 Å². The number of carbonyl (C=O) groups is 3. The van der Waals surface area contributed by atoms with Gasteiger partial charge in [-0.3, -0.25) is 9.59 Å². The summed E-state index contributed by atoms with van der Waals surface area (Å²) in [6, 6.07) is 35.7. The predicted molar refractivity (Wildman–Crippen MR) is 309 cm³/mol. The molecule has 3 heterocycles. The molecule has 0 spiro atoms. The molecule has 1 aliphatic carbocycles. The minimum Gasteiger partial charge on any atom is -0.486 e. The van der Waals surface area contributed by atoms with E-state index in [-0.39, 0.29) is 54.8 Å². The minimum absolute atomic E-state index is 0. The summed E-state index contributed by atoms with van der Waals surface area (Å²) < 4.78 is 14.3. The van der Waals surface area contributed by atoms with Crippen LogP contribution in [0.25, 0.3) is 6.08 Å². The quantitative estimate of drug-likeness (QED) is 0.0985. The number of rotatable bonds is 0. The molecule has 0 fully saturated rings. The number of ketones is 2. The largest absolute Gasteiger partial charge is 0.486 e. The molecule has 2 unspecified atom stereocenters. The van der Waals surface area contributed by atoms with Gasteiger partial charge in [-0.25, -0.2) is 4.79 Å². The number of aliphatic hydroxyl groups excluding tert-OH is 4. The maximum Gasteiger partial charge on any atom is 0.333 e. The average Bonchev–Trinajstić information content (AvgIpc) is 4.13. The second kappa shape index (κ2) is 100. The molecule has 2 aliphatic heterocycles. The smallest absolute Gasteiger partial charge is 0.333 e. The number of esters is 1. The highest BCUT2D eigenvalue weighted by atomic mass is 16.6. The molecule has 0 amide bonds. The topological polar surface area (TPSA) is 164 Å². The van der Waals surface area contributed by atoms with E-state index in [2.05, 4.69) is 27.4 Å². The molecule has 3 aromatic carbocycles. The molecule has 2 atom stereocenters. The van der Waals surface area contributed by atoms with Crippen molar-refractivity contribution < 1.29 is 48.7 Å². The molecule has 10 heteroatoms. The summed E-state index contributed by atoms with van der Waals surface area (Å²) in [5, 5.41) is 29.4. The molecule has 3 aliphatic rings. The highest BCUT2D eigenvalue weighted by Gasteiger charge is 2.11. The van der Waals surface area contributed by atoms with Crippen LogP contribution in [-0.4, -0.2) is 71.7 Å². The summed E-state index contributed by atoms with van der Waals surface area (Å²) in [6.07, 6.45) is 13.0. The summed E-state index contributed by atoms with van der Waals surface area (Å²) in [5.74, 6) is 0.330. The normalized spacial score (nSPS) is 11.3. The third-order valence-electron chi connectivity index (χ3n) is 5.32. The number of fused-ring (bicyclic) bond motifs is 1. The number of cyclic esters (lactones) is 1. The van der Waals surface area contributed by atoms with Gasteiger partial charge in [0.15, 0.2) is 11.6 Å². The van der Waals surface area contributed by atoms with Crippen LogP contribution in [0, 0.1) is 0 Å². The number of hydrogen-bond donors (Lipinski definition) is 4. The maximum atomic E-state index is 10.6. The van der Waals surface area contributed by atoms with E-state index in [9.17, 15) is 14.4 Å². The lowest BCUT2D eigenvalue weighted by molar-refractivity contribution is -0.150. The van der Waals surface area contributed by atoms with Gasteiger partial charge >= 0.3 is 5.97 Å². The molecule has 69 heavy (non-hydrogen) atoms. The lowest BCUT2D eigenvalue weighted by Crippen LogP contribution is -2.11. The number of ether oxygens (including phenoxy) is 2. The van der Waals surface area contributed by atoms with E-state index >= 15 is 0 Å². The van der Waals surface area contributed by atoms with Crippen molar-refractivity contribution in [3.63, 3.8) is 0 Å². The Morgan fingerprint density at radius 2 is 0.783 bits per heavy atom. The second-order valence-electron chi connectivity index (χ2n) is 8.94. The molecule has 4 N–H and O–H groups in total. The minimum atomic E-state index is -1.01. The molecule has 0 bridgehead atoms. The first-order valence-corrected chi connectivity index (χ1v) is 22.1. The van der Waals surface area contributed by atoms with Gasteiger partial charge in [-0.2, -0.15) is 0 Å². The fourth-order valence-corrected chi connectivity index (χ4v) is 3.18. The van der Waals surface area contributed by atoms with Gasteiger partial charge in [0.25, 0.3) is 0 Å². The Kier molecular flexibility index (Phi) is 147. The van der Waals surface area contributed by atoms with Crippen LogP contribution in [0.2, 0.25) is 0 Å².